The molecule has 0 aliphatic carbocycles. The van der Waals surface area contributed by atoms with Crippen LogP contribution in [0.2, 0.25) is 0 Å². The Hall–Kier alpha value is -2.09. The molecule has 21 heavy (non-hydrogen) atoms. The highest BCUT2D eigenvalue weighted by atomic mass is 19.4. The summed E-state index contributed by atoms with van der Waals surface area (Å²) >= 11 is 0. The molecule has 0 fully saturated rings. The zero-order chi connectivity index (χ0) is 15.0. The number of hydrogen-bond acceptors (Lipinski definition) is 4. The van der Waals surface area contributed by atoms with Crippen molar-refractivity contribution in [1.82, 2.24) is 20.1 Å². The average molecular weight is 297 g/mol. The first-order chi connectivity index (χ1) is 9.98. The van der Waals surface area contributed by atoms with Crippen LogP contribution >= 0.6 is 0 Å². The molecular formula is C13H14F3N5. The summed E-state index contributed by atoms with van der Waals surface area (Å²) in [7, 11) is 1.57. The maximum absolute atomic E-state index is 13.1. The maximum atomic E-state index is 13.1. The van der Waals surface area contributed by atoms with Crippen LogP contribution in [0.15, 0.2) is 24.3 Å². The summed E-state index contributed by atoms with van der Waals surface area (Å²) in [6.07, 6.45) is -4.41. The molecular weight excluding hydrogens is 283 g/mol. The number of alkyl halides is 3. The third-order valence-corrected chi connectivity index (χ3v) is 3.47. The van der Waals surface area contributed by atoms with Crippen molar-refractivity contribution in [2.24, 2.45) is 0 Å². The van der Waals surface area contributed by atoms with Gasteiger partial charge in [0.1, 0.15) is 5.82 Å². The third-order valence-electron chi connectivity index (χ3n) is 3.47. The fourth-order valence-corrected chi connectivity index (χ4v) is 2.44. The Morgan fingerprint density at radius 3 is 2.76 bits per heavy atom. The van der Waals surface area contributed by atoms with Crippen molar-refractivity contribution in [2.75, 3.05) is 18.5 Å². The van der Waals surface area contributed by atoms with E-state index in [-0.39, 0.29) is 5.69 Å². The standard InChI is InChI=1S/C13H14F3N5/c1-20(10-5-3-2-4-9(10)13(14,15)16)12-19-18-11-8-17-6-7-21(11)12/h2-5,17H,6-8H2,1H3. The highest BCUT2D eigenvalue weighted by Gasteiger charge is 2.35. The second kappa shape index (κ2) is 5.03. The molecule has 0 radical (unpaired) electrons. The van der Waals surface area contributed by atoms with Crippen LogP contribution in [0.1, 0.15) is 11.4 Å². The molecule has 1 N–H and O–H groups in total. The maximum Gasteiger partial charge on any atom is 0.418 e. The fourth-order valence-electron chi connectivity index (χ4n) is 2.44. The second-order valence-corrected chi connectivity index (χ2v) is 4.82. The Labute approximate surface area is 119 Å². The van der Waals surface area contributed by atoms with Crippen molar-refractivity contribution in [1.29, 1.82) is 0 Å². The number of hydrogen-bond donors (Lipinski definition) is 1. The average Bonchev–Trinajstić information content (AvgIpc) is 2.89. The summed E-state index contributed by atoms with van der Waals surface area (Å²) in [6.45, 7) is 1.95. The molecule has 3 rings (SSSR count). The predicted octanol–water partition coefficient (Wildman–Crippen LogP) is 2.17. The first-order valence-electron chi connectivity index (χ1n) is 6.51. The first kappa shape index (κ1) is 13.9. The molecule has 8 heteroatoms. The normalized spacial score (nSPS) is 14.9. The van der Waals surface area contributed by atoms with Crippen molar-refractivity contribution in [2.45, 2.75) is 19.3 Å². The van der Waals surface area contributed by atoms with Crippen molar-refractivity contribution >= 4 is 11.6 Å². The van der Waals surface area contributed by atoms with E-state index >= 15 is 0 Å². The number of aromatic nitrogens is 3. The number of rotatable bonds is 2. The molecule has 0 atom stereocenters. The Morgan fingerprint density at radius 1 is 1.24 bits per heavy atom. The molecule has 0 saturated carbocycles. The molecule has 0 saturated heterocycles. The molecule has 0 bridgehead atoms. The quantitative estimate of drug-likeness (QED) is 0.923. The van der Waals surface area contributed by atoms with E-state index in [1.165, 1.54) is 17.0 Å². The minimum atomic E-state index is -4.41. The van der Waals surface area contributed by atoms with E-state index in [2.05, 4.69) is 15.5 Å². The van der Waals surface area contributed by atoms with E-state index in [0.717, 1.165) is 18.4 Å². The predicted molar refractivity (Wildman–Crippen MR) is 71.2 cm³/mol. The summed E-state index contributed by atoms with van der Waals surface area (Å²) < 4.78 is 41.2. The molecule has 2 heterocycles. The van der Waals surface area contributed by atoms with Gasteiger partial charge >= 0.3 is 6.18 Å². The van der Waals surface area contributed by atoms with Crippen molar-refractivity contribution in [3.63, 3.8) is 0 Å². The number of nitrogens with zero attached hydrogens (tertiary/aromatic N) is 4. The van der Waals surface area contributed by atoms with Gasteiger partial charge in [-0.1, -0.05) is 12.1 Å². The van der Waals surface area contributed by atoms with Crippen LogP contribution in [0.3, 0.4) is 0 Å². The molecule has 0 unspecified atom stereocenters. The van der Waals surface area contributed by atoms with E-state index < -0.39 is 11.7 Å². The molecule has 112 valence electrons. The van der Waals surface area contributed by atoms with Crippen LogP contribution < -0.4 is 10.2 Å². The monoisotopic (exact) mass is 297 g/mol. The lowest BCUT2D eigenvalue weighted by atomic mass is 10.1. The summed E-state index contributed by atoms with van der Waals surface area (Å²) in [5, 5.41) is 11.2. The molecule has 1 aromatic carbocycles. The Bertz CT molecular complexity index is 649. The van der Waals surface area contributed by atoms with Gasteiger partial charge in [-0.3, -0.25) is 4.57 Å². The lowest BCUT2D eigenvalue weighted by Crippen LogP contribution is -2.30. The van der Waals surface area contributed by atoms with Crippen molar-refractivity contribution in [3.05, 3.63) is 35.7 Å². The van der Waals surface area contributed by atoms with Crippen LogP contribution in [-0.4, -0.2) is 28.4 Å². The van der Waals surface area contributed by atoms with Gasteiger partial charge in [0.25, 0.3) is 0 Å². The molecule has 5 nitrogen and oxygen atoms in total. The highest BCUT2D eigenvalue weighted by molar-refractivity contribution is 5.62. The topological polar surface area (TPSA) is 46.0 Å². The van der Waals surface area contributed by atoms with Gasteiger partial charge in [-0.05, 0) is 12.1 Å². The lowest BCUT2D eigenvalue weighted by molar-refractivity contribution is -0.137. The molecule has 0 spiro atoms. The Kier molecular flexibility index (Phi) is 3.32. The van der Waals surface area contributed by atoms with E-state index in [1.807, 2.05) is 4.57 Å². The smallest absolute Gasteiger partial charge is 0.313 e. The van der Waals surface area contributed by atoms with Crippen LogP contribution in [0.4, 0.5) is 24.8 Å². The van der Waals surface area contributed by atoms with E-state index in [1.54, 1.807) is 13.1 Å². The summed E-state index contributed by atoms with van der Waals surface area (Å²) in [6, 6.07) is 5.46. The largest absolute Gasteiger partial charge is 0.418 e. The van der Waals surface area contributed by atoms with Gasteiger partial charge in [0, 0.05) is 20.1 Å². The van der Waals surface area contributed by atoms with Crippen LogP contribution in [0, 0.1) is 0 Å². The molecule has 1 aliphatic heterocycles. The van der Waals surface area contributed by atoms with E-state index in [0.29, 0.717) is 19.0 Å². The van der Waals surface area contributed by atoms with Crippen molar-refractivity contribution < 1.29 is 13.2 Å². The van der Waals surface area contributed by atoms with Gasteiger partial charge in [-0.15, -0.1) is 10.2 Å². The summed E-state index contributed by atoms with van der Waals surface area (Å²) in [4.78, 5) is 1.44. The molecule has 0 amide bonds. The minimum absolute atomic E-state index is 0.0683. The first-order valence-corrected chi connectivity index (χ1v) is 6.51. The SMILES string of the molecule is CN(c1ccccc1C(F)(F)F)c1nnc2n1CCNC2. The second-order valence-electron chi connectivity index (χ2n) is 4.82. The van der Waals surface area contributed by atoms with Gasteiger partial charge in [0.15, 0.2) is 0 Å². The highest BCUT2D eigenvalue weighted by Crippen LogP contribution is 2.38. The van der Waals surface area contributed by atoms with E-state index in [4.69, 9.17) is 0 Å². The van der Waals surface area contributed by atoms with Gasteiger partial charge in [-0.2, -0.15) is 13.2 Å². The Morgan fingerprint density at radius 2 is 2.00 bits per heavy atom. The minimum Gasteiger partial charge on any atom is -0.313 e. The number of para-hydroxylation sites is 1. The lowest BCUT2D eigenvalue weighted by Gasteiger charge is -2.24. The van der Waals surface area contributed by atoms with Crippen LogP contribution in [-0.2, 0) is 19.3 Å². The third kappa shape index (κ3) is 2.46. The molecule has 2 aromatic rings. The van der Waals surface area contributed by atoms with E-state index in [9.17, 15) is 13.2 Å². The summed E-state index contributed by atoms with van der Waals surface area (Å²) in [5.41, 5.74) is -0.613. The molecule has 1 aliphatic rings. The zero-order valence-corrected chi connectivity index (χ0v) is 11.4. The Balaban J connectivity index is 2.03. The van der Waals surface area contributed by atoms with Gasteiger partial charge in [0.2, 0.25) is 5.95 Å². The summed E-state index contributed by atoms with van der Waals surface area (Å²) in [5.74, 6) is 1.15. The number of anilines is 2. The van der Waals surface area contributed by atoms with Crippen LogP contribution in [0.25, 0.3) is 0 Å². The number of nitrogens with one attached hydrogen (secondary N) is 1. The fraction of sp³-hybridized carbons (Fsp3) is 0.385. The number of benzene rings is 1. The zero-order valence-electron chi connectivity index (χ0n) is 11.4. The number of fused-ring (bicyclic) bond motifs is 1. The molecule has 1 aromatic heterocycles. The van der Waals surface area contributed by atoms with Gasteiger partial charge < -0.3 is 10.2 Å². The van der Waals surface area contributed by atoms with Crippen LogP contribution in [0.5, 0.6) is 0 Å². The number of halogens is 3. The van der Waals surface area contributed by atoms with Gasteiger partial charge in [-0.25, -0.2) is 0 Å². The van der Waals surface area contributed by atoms with Crippen molar-refractivity contribution in [3.8, 4) is 0 Å². The van der Waals surface area contributed by atoms with Gasteiger partial charge in [0.05, 0.1) is 17.8 Å².